The van der Waals surface area contributed by atoms with Crippen LogP contribution in [0.15, 0.2) is 30.5 Å². The van der Waals surface area contributed by atoms with Crippen molar-refractivity contribution >= 4 is 17.5 Å². The molecule has 1 aromatic rings. The Bertz CT molecular complexity index is 521. The van der Waals surface area contributed by atoms with E-state index in [1.807, 2.05) is 30.2 Å². The molecule has 2 heterocycles. The Morgan fingerprint density at radius 1 is 1.45 bits per heavy atom. The topological polar surface area (TPSA) is 56.7 Å². The number of carbonyl (C=O) groups is 1. The minimum atomic E-state index is -0.784. The molecule has 0 aromatic carbocycles. The van der Waals surface area contributed by atoms with Crippen LogP contribution in [0.4, 0.5) is 11.5 Å². The number of pyridine rings is 1. The number of anilines is 2. The Balaban J connectivity index is 2.12. The van der Waals surface area contributed by atoms with Crippen LogP contribution in [-0.2, 0) is 4.79 Å². The molecule has 1 aliphatic heterocycles. The highest BCUT2D eigenvalue weighted by Crippen LogP contribution is 2.22. The number of carboxylic acids is 1. The van der Waals surface area contributed by atoms with Gasteiger partial charge in [-0.25, -0.2) is 4.98 Å². The van der Waals surface area contributed by atoms with Crippen LogP contribution in [0, 0.1) is 5.92 Å². The monoisotopic (exact) mass is 303 g/mol. The Morgan fingerprint density at radius 2 is 2.14 bits per heavy atom. The SMILES string of the molecule is C=C(C)CN(CC(C)C(=O)O)c1ccc(N2CCCC2)nc1. The molecule has 22 heavy (non-hydrogen) atoms. The Labute approximate surface area is 132 Å². The van der Waals surface area contributed by atoms with E-state index in [1.54, 1.807) is 6.92 Å². The van der Waals surface area contributed by atoms with Gasteiger partial charge in [0, 0.05) is 26.2 Å². The summed E-state index contributed by atoms with van der Waals surface area (Å²) in [7, 11) is 0. The molecule has 1 aliphatic rings. The molecular weight excluding hydrogens is 278 g/mol. The van der Waals surface area contributed by atoms with Gasteiger partial charge in [0.2, 0.25) is 0 Å². The summed E-state index contributed by atoms with van der Waals surface area (Å²) in [6.07, 6.45) is 4.29. The lowest BCUT2D eigenvalue weighted by Crippen LogP contribution is -2.33. The highest BCUT2D eigenvalue weighted by molar-refractivity contribution is 5.70. The van der Waals surface area contributed by atoms with Crippen molar-refractivity contribution < 1.29 is 9.90 Å². The lowest BCUT2D eigenvalue weighted by molar-refractivity contribution is -0.140. The number of hydrogen-bond donors (Lipinski definition) is 1. The third kappa shape index (κ3) is 4.23. The van der Waals surface area contributed by atoms with Gasteiger partial charge in [-0.05, 0) is 31.9 Å². The standard InChI is InChI=1S/C17H25N3O2/c1-13(2)11-20(12-14(3)17(21)22)15-6-7-16(18-10-15)19-8-4-5-9-19/h6-7,10,14H,1,4-5,8-9,11-12H2,2-3H3,(H,21,22). The molecule has 1 unspecified atom stereocenters. The Kier molecular flexibility index (Phi) is 5.41. The fourth-order valence-corrected chi connectivity index (χ4v) is 2.69. The lowest BCUT2D eigenvalue weighted by Gasteiger charge is -2.27. The third-order valence-electron chi connectivity index (χ3n) is 3.90. The molecule has 1 N–H and O–H groups in total. The van der Waals surface area contributed by atoms with Crippen molar-refractivity contribution in [3.63, 3.8) is 0 Å². The van der Waals surface area contributed by atoms with Gasteiger partial charge in [0.25, 0.3) is 0 Å². The largest absolute Gasteiger partial charge is 0.481 e. The van der Waals surface area contributed by atoms with Crippen molar-refractivity contribution in [2.24, 2.45) is 5.92 Å². The summed E-state index contributed by atoms with van der Waals surface area (Å²) in [6.45, 7) is 10.8. The van der Waals surface area contributed by atoms with Crippen LogP contribution < -0.4 is 9.80 Å². The number of rotatable bonds is 7. The van der Waals surface area contributed by atoms with Gasteiger partial charge >= 0.3 is 5.97 Å². The van der Waals surface area contributed by atoms with Crippen molar-refractivity contribution in [3.05, 3.63) is 30.5 Å². The summed E-state index contributed by atoms with van der Waals surface area (Å²) < 4.78 is 0. The first-order valence-electron chi connectivity index (χ1n) is 7.80. The van der Waals surface area contributed by atoms with Crippen LogP contribution in [0.1, 0.15) is 26.7 Å². The molecule has 1 aromatic heterocycles. The predicted octanol–water partition coefficient (Wildman–Crippen LogP) is 2.79. The molecule has 0 radical (unpaired) electrons. The van der Waals surface area contributed by atoms with E-state index in [9.17, 15) is 4.79 Å². The van der Waals surface area contributed by atoms with Gasteiger partial charge in [0.15, 0.2) is 0 Å². The van der Waals surface area contributed by atoms with Crippen molar-refractivity contribution in [3.8, 4) is 0 Å². The third-order valence-corrected chi connectivity index (χ3v) is 3.90. The summed E-state index contributed by atoms with van der Waals surface area (Å²) in [4.78, 5) is 20.0. The molecule has 1 saturated heterocycles. The van der Waals surface area contributed by atoms with E-state index < -0.39 is 11.9 Å². The molecule has 0 amide bonds. The number of carboxylic acid groups (broad SMARTS) is 1. The number of aromatic nitrogens is 1. The first-order valence-corrected chi connectivity index (χ1v) is 7.80. The molecule has 120 valence electrons. The van der Waals surface area contributed by atoms with E-state index in [1.165, 1.54) is 12.8 Å². The second kappa shape index (κ2) is 7.29. The Morgan fingerprint density at radius 3 is 2.64 bits per heavy atom. The summed E-state index contributed by atoms with van der Waals surface area (Å²) in [5.74, 6) is -0.214. The van der Waals surface area contributed by atoms with Gasteiger partial charge in [-0.2, -0.15) is 0 Å². The second-order valence-corrected chi connectivity index (χ2v) is 6.15. The fraction of sp³-hybridized carbons (Fsp3) is 0.529. The second-order valence-electron chi connectivity index (χ2n) is 6.15. The van der Waals surface area contributed by atoms with Crippen molar-refractivity contribution in [2.75, 3.05) is 36.0 Å². The fourth-order valence-electron chi connectivity index (χ4n) is 2.69. The van der Waals surface area contributed by atoms with Gasteiger partial charge < -0.3 is 14.9 Å². The van der Waals surface area contributed by atoms with Crippen LogP contribution in [0.25, 0.3) is 0 Å². The van der Waals surface area contributed by atoms with E-state index in [2.05, 4.69) is 16.5 Å². The van der Waals surface area contributed by atoms with E-state index in [0.29, 0.717) is 13.1 Å². The number of nitrogens with zero attached hydrogens (tertiary/aromatic N) is 3. The van der Waals surface area contributed by atoms with Gasteiger partial charge in [-0.1, -0.05) is 19.1 Å². The zero-order chi connectivity index (χ0) is 16.1. The van der Waals surface area contributed by atoms with E-state index in [0.717, 1.165) is 30.2 Å². The molecule has 2 rings (SSSR count). The predicted molar refractivity (Wildman–Crippen MR) is 89.5 cm³/mol. The molecule has 5 nitrogen and oxygen atoms in total. The molecule has 0 saturated carbocycles. The highest BCUT2D eigenvalue weighted by Gasteiger charge is 2.18. The van der Waals surface area contributed by atoms with Crippen LogP contribution in [-0.4, -0.2) is 42.2 Å². The molecular formula is C17H25N3O2. The van der Waals surface area contributed by atoms with E-state index in [4.69, 9.17) is 5.11 Å². The average molecular weight is 303 g/mol. The smallest absolute Gasteiger partial charge is 0.308 e. The van der Waals surface area contributed by atoms with Gasteiger partial charge in [0.05, 0.1) is 17.8 Å². The molecule has 5 heteroatoms. The maximum Gasteiger partial charge on any atom is 0.308 e. The normalized spacial score (nSPS) is 15.6. The quantitative estimate of drug-likeness (QED) is 0.785. The first-order chi connectivity index (χ1) is 10.5. The number of hydrogen-bond acceptors (Lipinski definition) is 4. The van der Waals surface area contributed by atoms with E-state index >= 15 is 0 Å². The van der Waals surface area contributed by atoms with Crippen molar-refractivity contribution in [1.29, 1.82) is 0 Å². The van der Waals surface area contributed by atoms with Gasteiger partial charge in [0.1, 0.15) is 5.82 Å². The molecule has 1 fully saturated rings. The summed E-state index contributed by atoms with van der Waals surface area (Å²) in [6, 6.07) is 4.05. The van der Waals surface area contributed by atoms with Crippen LogP contribution >= 0.6 is 0 Å². The summed E-state index contributed by atoms with van der Waals surface area (Å²) >= 11 is 0. The van der Waals surface area contributed by atoms with Crippen molar-refractivity contribution in [2.45, 2.75) is 26.7 Å². The minimum absolute atomic E-state index is 0.433. The maximum atomic E-state index is 11.1. The van der Waals surface area contributed by atoms with Gasteiger partial charge in [-0.3, -0.25) is 4.79 Å². The molecule has 0 aliphatic carbocycles. The van der Waals surface area contributed by atoms with Gasteiger partial charge in [-0.15, -0.1) is 0 Å². The highest BCUT2D eigenvalue weighted by atomic mass is 16.4. The molecule has 1 atom stereocenters. The minimum Gasteiger partial charge on any atom is -0.481 e. The zero-order valence-electron chi connectivity index (χ0n) is 13.5. The van der Waals surface area contributed by atoms with E-state index in [-0.39, 0.29) is 0 Å². The first kappa shape index (κ1) is 16.3. The van der Waals surface area contributed by atoms with Crippen LogP contribution in [0.5, 0.6) is 0 Å². The number of aliphatic carboxylic acids is 1. The lowest BCUT2D eigenvalue weighted by atomic mass is 10.1. The summed E-state index contributed by atoms with van der Waals surface area (Å²) in [5, 5.41) is 9.13. The van der Waals surface area contributed by atoms with Crippen LogP contribution in [0.2, 0.25) is 0 Å². The molecule has 0 bridgehead atoms. The molecule has 0 spiro atoms. The summed E-state index contributed by atoms with van der Waals surface area (Å²) in [5.41, 5.74) is 1.94. The maximum absolute atomic E-state index is 11.1. The van der Waals surface area contributed by atoms with Crippen LogP contribution in [0.3, 0.4) is 0 Å². The average Bonchev–Trinajstić information content (AvgIpc) is 3.00. The van der Waals surface area contributed by atoms with Crippen molar-refractivity contribution in [1.82, 2.24) is 4.98 Å². The Hall–Kier alpha value is -2.04. The zero-order valence-corrected chi connectivity index (χ0v) is 13.5.